The van der Waals surface area contributed by atoms with Crippen LogP contribution in [0.5, 0.6) is 5.75 Å². The SMILES string of the molecule is CN=C(NCc1ccc(OC)cc1)NCc1ccc(S(=O)(=O)N2CCCCC2)cc1.I. The van der Waals surface area contributed by atoms with Gasteiger partial charge < -0.3 is 15.4 Å². The van der Waals surface area contributed by atoms with E-state index in [4.69, 9.17) is 4.74 Å². The number of guanidine groups is 1. The first kappa shape index (κ1) is 25.4. The Kier molecular flexibility index (Phi) is 10.0. The van der Waals surface area contributed by atoms with Crippen LogP contribution in [-0.4, -0.2) is 45.9 Å². The van der Waals surface area contributed by atoms with E-state index in [-0.39, 0.29) is 24.0 Å². The molecule has 2 N–H and O–H groups in total. The van der Waals surface area contributed by atoms with Gasteiger partial charge in [0.1, 0.15) is 5.75 Å². The molecule has 0 amide bonds. The van der Waals surface area contributed by atoms with Crippen molar-refractivity contribution in [2.24, 2.45) is 4.99 Å². The number of rotatable bonds is 7. The molecule has 0 unspecified atom stereocenters. The zero-order chi connectivity index (χ0) is 21.4. The number of ether oxygens (including phenoxy) is 1. The second-order valence-corrected chi connectivity index (χ2v) is 9.17. The summed E-state index contributed by atoms with van der Waals surface area (Å²) in [5.41, 5.74) is 2.10. The Bertz CT molecular complexity index is 942. The summed E-state index contributed by atoms with van der Waals surface area (Å²) in [7, 11) is -0.0238. The van der Waals surface area contributed by atoms with Crippen LogP contribution in [0.3, 0.4) is 0 Å². The number of hydrogen-bond donors (Lipinski definition) is 2. The van der Waals surface area contributed by atoms with Gasteiger partial charge in [-0.25, -0.2) is 8.42 Å². The molecule has 2 aromatic rings. The third kappa shape index (κ3) is 7.08. The number of methoxy groups -OCH3 is 1. The van der Waals surface area contributed by atoms with Crippen molar-refractivity contribution in [3.8, 4) is 5.75 Å². The minimum absolute atomic E-state index is 0. The standard InChI is InChI=1S/C22H30N4O3S.HI/c1-23-22(24-16-18-6-10-20(29-2)11-7-18)25-17-19-8-12-21(13-9-19)30(27,28)26-14-4-3-5-15-26;/h6-13H,3-5,14-17H2,1-2H3,(H2,23,24,25);1H. The number of piperidine rings is 1. The molecule has 1 aliphatic rings. The highest BCUT2D eigenvalue weighted by Gasteiger charge is 2.25. The number of nitrogens with zero attached hydrogens (tertiary/aromatic N) is 2. The number of hydrogen-bond acceptors (Lipinski definition) is 4. The lowest BCUT2D eigenvalue weighted by Crippen LogP contribution is -2.36. The van der Waals surface area contributed by atoms with Crippen LogP contribution in [-0.2, 0) is 23.1 Å². The van der Waals surface area contributed by atoms with E-state index in [1.54, 1.807) is 30.6 Å². The number of aliphatic imine (C=N–C) groups is 1. The van der Waals surface area contributed by atoms with Gasteiger partial charge in [0, 0.05) is 33.2 Å². The third-order valence-electron chi connectivity index (χ3n) is 5.18. The lowest BCUT2D eigenvalue weighted by molar-refractivity contribution is 0.346. The van der Waals surface area contributed by atoms with E-state index < -0.39 is 10.0 Å². The van der Waals surface area contributed by atoms with E-state index >= 15 is 0 Å². The Morgan fingerprint density at radius 2 is 1.45 bits per heavy atom. The van der Waals surface area contributed by atoms with Crippen LogP contribution in [0.4, 0.5) is 0 Å². The first-order valence-electron chi connectivity index (χ1n) is 10.2. The summed E-state index contributed by atoms with van der Waals surface area (Å²) < 4.78 is 32.3. The molecule has 0 spiro atoms. The first-order chi connectivity index (χ1) is 14.5. The summed E-state index contributed by atoms with van der Waals surface area (Å²) in [6, 6.07) is 14.9. The van der Waals surface area contributed by atoms with Crippen molar-refractivity contribution in [2.75, 3.05) is 27.2 Å². The van der Waals surface area contributed by atoms with Gasteiger partial charge in [-0.3, -0.25) is 4.99 Å². The van der Waals surface area contributed by atoms with E-state index in [0.717, 1.165) is 36.1 Å². The van der Waals surface area contributed by atoms with Gasteiger partial charge in [0.2, 0.25) is 10.0 Å². The second kappa shape index (κ2) is 12.3. The van der Waals surface area contributed by atoms with Gasteiger partial charge in [-0.05, 0) is 48.2 Å². The van der Waals surface area contributed by atoms with Gasteiger partial charge in [-0.1, -0.05) is 30.7 Å². The molecule has 170 valence electrons. The zero-order valence-corrected chi connectivity index (χ0v) is 21.2. The predicted octanol–water partition coefficient (Wildman–Crippen LogP) is 3.35. The number of nitrogens with one attached hydrogen (secondary N) is 2. The first-order valence-corrected chi connectivity index (χ1v) is 11.6. The van der Waals surface area contributed by atoms with Crippen molar-refractivity contribution >= 4 is 40.0 Å². The minimum Gasteiger partial charge on any atom is -0.497 e. The Morgan fingerprint density at radius 1 is 0.935 bits per heavy atom. The van der Waals surface area contributed by atoms with Crippen LogP contribution in [0.2, 0.25) is 0 Å². The molecular weight excluding hydrogens is 527 g/mol. The molecule has 3 rings (SSSR count). The van der Waals surface area contributed by atoms with Crippen molar-refractivity contribution in [1.29, 1.82) is 0 Å². The molecule has 2 aromatic carbocycles. The van der Waals surface area contributed by atoms with Crippen LogP contribution in [0, 0.1) is 0 Å². The maximum absolute atomic E-state index is 12.7. The minimum atomic E-state index is -3.39. The Labute approximate surface area is 202 Å². The summed E-state index contributed by atoms with van der Waals surface area (Å²) in [5, 5.41) is 6.52. The smallest absolute Gasteiger partial charge is 0.243 e. The van der Waals surface area contributed by atoms with Gasteiger partial charge in [-0.15, -0.1) is 24.0 Å². The van der Waals surface area contributed by atoms with Crippen LogP contribution >= 0.6 is 24.0 Å². The molecule has 1 saturated heterocycles. The van der Waals surface area contributed by atoms with Gasteiger partial charge in [0.25, 0.3) is 0 Å². The summed E-state index contributed by atoms with van der Waals surface area (Å²) in [4.78, 5) is 4.59. The highest BCUT2D eigenvalue weighted by atomic mass is 127. The summed E-state index contributed by atoms with van der Waals surface area (Å²) in [6.45, 7) is 2.41. The number of benzene rings is 2. The summed E-state index contributed by atoms with van der Waals surface area (Å²) in [6.07, 6.45) is 2.97. The fraction of sp³-hybridized carbons (Fsp3) is 0.409. The maximum atomic E-state index is 12.7. The fourth-order valence-corrected chi connectivity index (χ4v) is 4.89. The Balaban J connectivity index is 0.00000341. The molecular formula is C22H31IN4O3S. The summed E-state index contributed by atoms with van der Waals surface area (Å²) in [5.74, 6) is 1.50. The van der Waals surface area contributed by atoms with Crippen LogP contribution < -0.4 is 15.4 Å². The molecule has 1 fully saturated rings. The highest BCUT2D eigenvalue weighted by Crippen LogP contribution is 2.20. The van der Waals surface area contributed by atoms with Crippen molar-refractivity contribution in [1.82, 2.24) is 14.9 Å². The second-order valence-electron chi connectivity index (χ2n) is 7.24. The van der Waals surface area contributed by atoms with E-state index in [9.17, 15) is 8.42 Å². The normalized spacial score (nSPS) is 15.1. The third-order valence-corrected chi connectivity index (χ3v) is 7.09. The van der Waals surface area contributed by atoms with Gasteiger partial charge in [0.05, 0.1) is 12.0 Å². The predicted molar refractivity (Wildman–Crippen MR) is 134 cm³/mol. The van der Waals surface area contributed by atoms with Gasteiger partial charge in [-0.2, -0.15) is 4.31 Å². The summed E-state index contributed by atoms with van der Waals surface area (Å²) >= 11 is 0. The number of halogens is 1. The zero-order valence-electron chi connectivity index (χ0n) is 18.0. The van der Waals surface area contributed by atoms with Crippen LogP contribution in [0.25, 0.3) is 0 Å². The van der Waals surface area contributed by atoms with Gasteiger partial charge in [0.15, 0.2) is 5.96 Å². The molecule has 1 heterocycles. The van der Waals surface area contributed by atoms with Crippen molar-refractivity contribution < 1.29 is 13.2 Å². The molecule has 0 bridgehead atoms. The molecule has 0 aliphatic carbocycles. The monoisotopic (exact) mass is 558 g/mol. The molecule has 0 aromatic heterocycles. The van der Waals surface area contributed by atoms with Crippen molar-refractivity contribution in [3.05, 3.63) is 59.7 Å². The van der Waals surface area contributed by atoms with Crippen molar-refractivity contribution in [2.45, 2.75) is 37.2 Å². The highest BCUT2D eigenvalue weighted by molar-refractivity contribution is 14.0. The number of sulfonamides is 1. The van der Waals surface area contributed by atoms with E-state index in [1.165, 1.54) is 0 Å². The molecule has 31 heavy (non-hydrogen) atoms. The van der Waals surface area contributed by atoms with Crippen molar-refractivity contribution in [3.63, 3.8) is 0 Å². The van der Waals surface area contributed by atoms with E-state index in [1.807, 2.05) is 36.4 Å². The lowest BCUT2D eigenvalue weighted by atomic mass is 10.2. The average molecular weight is 558 g/mol. The molecule has 9 heteroatoms. The van der Waals surface area contributed by atoms with Crippen LogP contribution in [0.15, 0.2) is 58.4 Å². The average Bonchev–Trinajstić information content (AvgIpc) is 2.80. The lowest BCUT2D eigenvalue weighted by Gasteiger charge is -2.25. The molecule has 0 saturated carbocycles. The molecule has 0 atom stereocenters. The van der Waals surface area contributed by atoms with Crippen LogP contribution in [0.1, 0.15) is 30.4 Å². The topological polar surface area (TPSA) is 83.0 Å². The quantitative estimate of drug-likeness (QED) is 0.310. The van der Waals surface area contributed by atoms with Gasteiger partial charge >= 0.3 is 0 Å². The maximum Gasteiger partial charge on any atom is 0.243 e. The molecule has 1 aliphatic heterocycles. The molecule has 0 radical (unpaired) electrons. The Hall–Kier alpha value is -1.85. The fourth-order valence-electron chi connectivity index (χ4n) is 3.37. The molecule has 7 nitrogen and oxygen atoms in total. The van der Waals surface area contributed by atoms with E-state index in [2.05, 4.69) is 15.6 Å². The Morgan fingerprint density at radius 3 is 1.94 bits per heavy atom. The largest absolute Gasteiger partial charge is 0.497 e. The van der Waals surface area contributed by atoms with E-state index in [0.29, 0.717) is 37.0 Å².